The van der Waals surface area contributed by atoms with Gasteiger partial charge in [0.25, 0.3) is 0 Å². The quantitative estimate of drug-likeness (QED) is 0.738. The Morgan fingerprint density at radius 3 is 2.88 bits per heavy atom. The van der Waals surface area contributed by atoms with E-state index in [0.717, 1.165) is 28.6 Å². The average molecular weight is 226 g/mol. The van der Waals surface area contributed by atoms with Gasteiger partial charge in [-0.05, 0) is 36.8 Å². The van der Waals surface area contributed by atoms with Crippen LogP contribution in [0.4, 0.5) is 0 Å². The van der Waals surface area contributed by atoms with Crippen LogP contribution in [0.2, 0.25) is 0 Å². The number of hydrogen-bond acceptors (Lipinski definition) is 2. The van der Waals surface area contributed by atoms with Gasteiger partial charge in [-0.2, -0.15) is 0 Å². The molecule has 0 bridgehead atoms. The first-order chi connectivity index (χ1) is 8.24. The molecule has 3 rings (SSSR count). The van der Waals surface area contributed by atoms with E-state index in [1.807, 2.05) is 13.1 Å². The third kappa shape index (κ3) is 1.92. The SMILES string of the molecule is Cc1ncc2ccc([C@H]3CCC[C@@H]3C)cc2n1. The van der Waals surface area contributed by atoms with Gasteiger partial charge in [0.2, 0.25) is 0 Å². The smallest absolute Gasteiger partial charge is 0.125 e. The van der Waals surface area contributed by atoms with Crippen LogP contribution in [-0.4, -0.2) is 9.97 Å². The fourth-order valence-electron chi connectivity index (χ4n) is 3.00. The molecular weight excluding hydrogens is 208 g/mol. The van der Waals surface area contributed by atoms with Gasteiger partial charge in [-0.3, -0.25) is 0 Å². The van der Waals surface area contributed by atoms with Crippen LogP contribution in [0.5, 0.6) is 0 Å². The molecular formula is C15H18N2. The lowest BCUT2D eigenvalue weighted by molar-refractivity contribution is 0.533. The lowest BCUT2D eigenvalue weighted by atomic mass is 9.90. The van der Waals surface area contributed by atoms with Gasteiger partial charge in [-0.15, -0.1) is 0 Å². The average Bonchev–Trinajstić information content (AvgIpc) is 2.74. The van der Waals surface area contributed by atoms with Crippen molar-refractivity contribution < 1.29 is 0 Å². The number of fused-ring (bicyclic) bond motifs is 1. The van der Waals surface area contributed by atoms with Gasteiger partial charge in [0.15, 0.2) is 0 Å². The molecule has 1 aliphatic carbocycles. The first-order valence-electron chi connectivity index (χ1n) is 6.47. The van der Waals surface area contributed by atoms with Gasteiger partial charge in [-0.25, -0.2) is 9.97 Å². The molecule has 2 nitrogen and oxygen atoms in total. The zero-order valence-electron chi connectivity index (χ0n) is 10.5. The molecule has 0 aliphatic heterocycles. The van der Waals surface area contributed by atoms with Crippen LogP contribution in [0.3, 0.4) is 0 Å². The third-order valence-electron chi connectivity index (χ3n) is 4.02. The Morgan fingerprint density at radius 2 is 2.12 bits per heavy atom. The number of aryl methyl sites for hydroxylation is 1. The van der Waals surface area contributed by atoms with Crippen molar-refractivity contribution in [1.29, 1.82) is 0 Å². The van der Waals surface area contributed by atoms with Crippen LogP contribution in [-0.2, 0) is 0 Å². The maximum atomic E-state index is 4.52. The van der Waals surface area contributed by atoms with E-state index >= 15 is 0 Å². The minimum Gasteiger partial charge on any atom is -0.241 e. The molecule has 1 heterocycles. The highest BCUT2D eigenvalue weighted by Gasteiger charge is 2.24. The minimum absolute atomic E-state index is 0.731. The second-order valence-corrected chi connectivity index (χ2v) is 5.25. The molecule has 17 heavy (non-hydrogen) atoms. The Balaban J connectivity index is 2.06. The normalized spacial score (nSPS) is 24.4. The molecule has 1 fully saturated rings. The summed E-state index contributed by atoms with van der Waals surface area (Å²) in [6, 6.07) is 6.68. The maximum absolute atomic E-state index is 4.52. The Morgan fingerprint density at radius 1 is 1.24 bits per heavy atom. The molecule has 0 amide bonds. The van der Waals surface area contributed by atoms with Crippen molar-refractivity contribution in [2.75, 3.05) is 0 Å². The van der Waals surface area contributed by atoms with E-state index in [0.29, 0.717) is 0 Å². The fraction of sp³-hybridized carbons (Fsp3) is 0.467. The monoisotopic (exact) mass is 226 g/mol. The summed E-state index contributed by atoms with van der Waals surface area (Å²) in [5.74, 6) is 2.40. The molecule has 1 aromatic carbocycles. The molecule has 1 aliphatic rings. The molecule has 2 heteroatoms. The molecule has 2 aromatic rings. The molecule has 0 spiro atoms. The summed E-state index contributed by atoms with van der Waals surface area (Å²) in [5.41, 5.74) is 2.55. The first kappa shape index (κ1) is 10.7. The van der Waals surface area contributed by atoms with E-state index in [-0.39, 0.29) is 0 Å². The minimum atomic E-state index is 0.731. The summed E-state index contributed by atoms with van der Waals surface area (Å²) < 4.78 is 0. The van der Waals surface area contributed by atoms with Crippen LogP contribution < -0.4 is 0 Å². The fourth-order valence-corrected chi connectivity index (χ4v) is 3.00. The lowest BCUT2D eigenvalue weighted by Crippen LogP contribution is -2.02. The van der Waals surface area contributed by atoms with E-state index in [1.165, 1.54) is 24.8 Å². The number of benzene rings is 1. The van der Waals surface area contributed by atoms with E-state index in [4.69, 9.17) is 0 Å². The summed E-state index contributed by atoms with van der Waals surface area (Å²) in [7, 11) is 0. The number of rotatable bonds is 1. The van der Waals surface area contributed by atoms with Gasteiger partial charge in [0.05, 0.1) is 5.52 Å². The van der Waals surface area contributed by atoms with E-state index in [9.17, 15) is 0 Å². The zero-order valence-corrected chi connectivity index (χ0v) is 10.5. The zero-order chi connectivity index (χ0) is 11.8. The van der Waals surface area contributed by atoms with E-state index in [2.05, 4.69) is 35.1 Å². The van der Waals surface area contributed by atoms with Gasteiger partial charge in [0, 0.05) is 11.6 Å². The molecule has 0 unspecified atom stereocenters. The van der Waals surface area contributed by atoms with Crippen LogP contribution in [0.15, 0.2) is 24.4 Å². The molecule has 1 aromatic heterocycles. The van der Waals surface area contributed by atoms with Crippen molar-refractivity contribution in [1.82, 2.24) is 9.97 Å². The first-order valence-corrected chi connectivity index (χ1v) is 6.47. The summed E-state index contributed by atoms with van der Waals surface area (Å²) in [6.07, 6.45) is 5.98. The molecule has 2 atom stereocenters. The Kier molecular flexibility index (Phi) is 2.58. The van der Waals surface area contributed by atoms with Gasteiger partial charge in [-0.1, -0.05) is 31.9 Å². The van der Waals surface area contributed by atoms with Crippen LogP contribution in [0, 0.1) is 12.8 Å². The van der Waals surface area contributed by atoms with Crippen molar-refractivity contribution in [2.24, 2.45) is 5.92 Å². The maximum Gasteiger partial charge on any atom is 0.125 e. The van der Waals surface area contributed by atoms with Gasteiger partial charge >= 0.3 is 0 Å². The Labute approximate surface area is 102 Å². The van der Waals surface area contributed by atoms with Crippen LogP contribution in [0.25, 0.3) is 10.9 Å². The van der Waals surface area contributed by atoms with E-state index in [1.54, 1.807) is 0 Å². The summed E-state index contributed by atoms with van der Waals surface area (Å²) in [5, 5.41) is 1.14. The second kappa shape index (κ2) is 4.10. The largest absolute Gasteiger partial charge is 0.241 e. The topological polar surface area (TPSA) is 25.8 Å². The summed E-state index contributed by atoms with van der Waals surface area (Å²) in [6.45, 7) is 4.32. The van der Waals surface area contributed by atoms with Crippen molar-refractivity contribution in [2.45, 2.75) is 39.0 Å². The number of aromatic nitrogens is 2. The summed E-state index contributed by atoms with van der Waals surface area (Å²) >= 11 is 0. The molecule has 0 N–H and O–H groups in total. The number of nitrogens with zero attached hydrogens (tertiary/aromatic N) is 2. The van der Waals surface area contributed by atoms with Crippen molar-refractivity contribution in [3.63, 3.8) is 0 Å². The molecule has 1 saturated carbocycles. The lowest BCUT2D eigenvalue weighted by Gasteiger charge is -2.16. The predicted octanol–water partition coefficient (Wildman–Crippen LogP) is 3.84. The highest BCUT2D eigenvalue weighted by Crippen LogP contribution is 2.39. The van der Waals surface area contributed by atoms with Crippen molar-refractivity contribution in [3.8, 4) is 0 Å². The van der Waals surface area contributed by atoms with Gasteiger partial charge in [0.1, 0.15) is 5.82 Å². The van der Waals surface area contributed by atoms with Crippen molar-refractivity contribution >= 4 is 10.9 Å². The predicted molar refractivity (Wildman–Crippen MR) is 70.0 cm³/mol. The highest BCUT2D eigenvalue weighted by molar-refractivity contribution is 5.78. The van der Waals surface area contributed by atoms with E-state index < -0.39 is 0 Å². The Bertz CT molecular complexity index is 548. The highest BCUT2D eigenvalue weighted by atomic mass is 14.9. The standard InChI is InChI=1S/C15H18N2/c1-10-4-3-5-14(10)12-6-7-13-9-16-11(2)17-15(13)8-12/h6-10,14H,3-5H2,1-2H3/t10-,14-/m0/s1. The van der Waals surface area contributed by atoms with Crippen LogP contribution in [0.1, 0.15) is 43.5 Å². The molecule has 0 saturated heterocycles. The molecule has 88 valence electrons. The number of hydrogen-bond donors (Lipinski definition) is 0. The summed E-state index contributed by atoms with van der Waals surface area (Å²) in [4.78, 5) is 8.76. The molecule has 0 radical (unpaired) electrons. The second-order valence-electron chi connectivity index (χ2n) is 5.25. The Hall–Kier alpha value is -1.44. The van der Waals surface area contributed by atoms with Crippen molar-refractivity contribution in [3.05, 3.63) is 35.8 Å². The van der Waals surface area contributed by atoms with Gasteiger partial charge < -0.3 is 0 Å². The third-order valence-corrected chi connectivity index (χ3v) is 4.02. The van der Waals surface area contributed by atoms with Crippen LogP contribution >= 0.6 is 0 Å².